The topological polar surface area (TPSA) is 57.6 Å². The molecule has 18 heavy (non-hydrogen) atoms. The summed E-state index contributed by atoms with van der Waals surface area (Å²) < 4.78 is 39.1. The average Bonchev–Trinajstić information content (AvgIpc) is 2.30. The minimum absolute atomic E-state index is 0.0522. The number of hydrogen-bond acceptors (Lipinski definition) is 3. The summed E-state index contributed by atoms with van der Waals surface area (Å²) in [5, 5.41) is 8.70. The van der Waals surface area contributed by atoms with Crippen LogP contribution in [0.5, 0.6) is 0 Å². The van der Waals surface area contributed by atoms with Crippen LogP contribution in [0.25, 0.3) is 0 Å². The summed E-state index contributed by atoms with van der Waals surface area (Å²) in [4.78, 5) is -0.0522. The maximum atomic E-state index is 13.4. The van der Waals surface area contributed by atoms with E-state index in [-0.39, 0.29) is 22.5 Å². The van der Waals surface area contributed by atoms with Gasteiger partial charge >= 0.3 is 0 Å². The average molecular weight is 340 g/mol. The lowest BCUT2D eigenvalue weighted by molar-refractivity contribution is 0.275. The minimum Gasteiger partial charge on any atom is -0.396 e. The van der Waals surface area contributed by atoms with E-state index in [1.54, 1.807) is 6.92 Å². The van der Waals surface area contributed by atoms with Gasteiger partial charge in [-0.1, -0.05) is 0 Å². The molecule has 0 bridgehead atoms. The molecule has 0 aliphatic rings. The van der Waals surface area contributed by atoms with Crippen molar-refractivity contribution in [3.8, 4) is 0 Å². The molecule has 0 heterocycles. The second-order valence-corrected chi connectivity index (χ2v) is 6.80. The van der Waals surface area contributed by atoms with E-state index in [4.69, 9.17) is 5.11 Å². The molecule has 0 spiro atoms. The van der Waals surface area contributed by atoms with Crippen molar-refractivity contribution in [2.45, 2.75) is 18.2 Å². The Kier molecular flexibility index (Phi) is 5.27. The number of benzene rings is 1. The largest absolute Gasteiger partial charge is 0.396 e. The minimum atomic E-state index is -3.72. The van der Waals surface area contributed by atoms with E-state index in [0.29, 0.717) is 12.0 Å². The Morgan fingerprint density at radius 1 is 1.44 bits per heavy atom. The molecule has 0 aliphatic heterocycles. The van der Waals surface area contributed by atoms with Gasteiger partial charge in [0.05, 0.1) is 9.37 Å². The van der Waals surface area contributed by atoms with E-state index in [2.05, 4.69) is 15.9 Å². The molecule has 0 fully saturated rings. The third-order valence-electron chi connectivity index (χ3n) is 2.54. The first-order chi connectivity index (χ1) is 8.30. The van der Waals surface area contributed by atoms with Crippen LogP contribution >= 0.6 is 15.9 Å². The van der Waals surface area contributed by atoms with Crippen LogP contribution in [0.2, 0.25) is 0 Å². The van der Waals surface area contributed by atoms with E-state index in [9.17, 15) is 12.8 Å². The monoisotopic (exact) mass is 339 g/mol. The van der Waals surface area contributed by atoms with Gasteiger partial charge in [-0.15, -0.1) is 0 Å². The molecular weight excluding hydrogens is 325 g/mol. The Bertz CT molecular complexity index is 533. The third kappa shape index (κ3) is 3.28. The van der Waals surface area contributed by atoms with Crippen LogP contribution in [-0.4, -0.2) is 38.0 Å². The molecule has 1 aromatic rings. The summed E-state index contributed by atoms with van der Waals surface area (Å²) in [7, 11) is -2.31. The summed E-state index contributed by atoms with van der Waals surface area (Å²) >= 11 is 3.01. The standard InChI is InChI=1S/C11H15BrFNO3S/c1-8-6-9(12)10(13)7-11(8)18(16,17)14(2)4-3-5-15/h6-7,15H,3-5H2,1-2H3. The van der Waals surface area contributed by atoms with Crippen molar-refractivity contribution in [2.24, 2.45) is 0 Å². The Labute approximate surface area is 115 Å². The van der Waals surface area contributed by atoms with Crippen molar-refractivity contribution in [1.82, 2.24) is 4.31 Å². The molecule has 1 aromatic carbocycles. The summed E-state index contributed by atoms with van der Waals surface area (Å²) in [5.41, 5.74) is 0.471. The first-order valence-corrected chi connectivity index (χ1v) is 7.57. The predicted molar refractivity (Wildman–Crippen MR) is 70.4 cm³/mol. The Balaban J connectivity index is 3.16. The second-order valence-electron chi connectivity index (χ2n) is 3.94. The fraction of sp³-hybridized carbons (Fsp3) is 0.455. The zero-order chi connectivity index (χ0) is 13.9. The highest BCUT2D eigenvalue weighted by Gasteiger charge is 2.23. The molecule has 4 nitrogen and oxygen atoms in total. The van der Waals surface area contributed by atoms with E-state index in [1.807, 2.05) is 0 Å². The molecule has 0 amide bonds. The molecule has 0 aromatic heterocycles. The van der Waals surface area contributed by atoms with Crippen LogP contribution in [0.4, 0.5) is 4.39 Å². The van der Waals surface area contributed by atoms with Crippen molar-refractivity contribution in [2.75, 3.05) is 20.2 Å². The Hall–Kier alpha value is -0.500. The highest BCUT2D eigenvalue weighted by Crippen LogP contribution is 2.25. The number of nitrogens with zero attached hydrogens (tertiary/aromatic N) is 1. The van der Waals surface area contributed by atoms with Gasteiger partial charge in [0.2, 0.25) is 10.0 Å². The highest BCUT2D eigenvalue weighted by molar-refractivity contribution is 9.10. The maximum absolute atomic E-state index is 13.4. The van der Waals surface area contributed by atoms with Crippen LogP contribution in [-0.2, 0) is 10.0 Å². The molecule has 1 N–H and O–H groups in total. The maximum Gasteiger partial charge on any atom is 0.243 e. The van der Waals surface area contributed by atoms with Crippen LogP contribution in [0, 0.1) is 12.7 Å². The number of aliphatic hydroxyl groups excluding tert-OH is 1. The van der Waals surface area contributed by atoms with Crippen LogP contribution < -0.4 is 0 Å². The summed E-state index contributed by atoms with van der Waals surface area (Å²) in [5.74, 6) is -0.616. The molecule has 1 rings (SSSR count). The van der Waals surface area contributed by atoms with Gasteiger partial charge in [-0.3, -0.25) is 0 Å². The van der Waals surface area contributed by atoms with Crippen LogP contribution in [0.3, 0.4) is 0 Å². The molecule has 0 saturated carbocycles. The third-order valence-corrected chi connectivity index (χ3v) is 5.14. The van der Waals surface area contributed by atoms with Crippen molar-refractivity contribution >= 4 is 26.0 Å². The van der Waals surface area contributed by atoms with E-state index in [1.165, 1.54) is 13.1 Å². The van der Waals surface area contributed by atoms with Crippen LogP contribution in [0.1, 0.15) is 12.0 Å². The van der Waals surface area contributed by atoms with Crippen LogP contribution in [0.15, 0.2) is 21.5 Å². The number of sulfonamides is 1. The van der Waals surface area contributed by atoms with Gasteiger partial charge in [0.15, 0.2) is 0 Å². The van der Waals surface area contributed by atoms with Crippen molar-refractivity contribution in [1.29, 1.82) is 0 Å². The number of aliphatic hydroxyl groups is 1. The Morgan fingerprint density at radius 2 is 2.06 bits per heavy atom. The first-order valence-electron chi connectivity index (χ1n) is 5.33. The fourth-order valence-electron chi connectivity index (χ4n) is 1.49. The van der Waals surface area contributed by atoms with Gasteiger partial charge in [0, 0.05) is 20.2 Å². The number of halogens is 2. The zero-order valence-corrected chi connectivity index (χ0v) is 12.6. The molecular formula is C11H15BrFNO3S. The summed E-state index contributed by atoms with van der Waals surface area (Å²) in [6, 6.07) is 2.44. The van der Waals surface area contributed by atoms with Gasteiger partial charge in [-0.2, -0.15) is 0 Å². The predicted octanol–water partition coefficient (Wildman–Crippen LogP) is 1.90. The molecule has 102 valence electrons. The fourth-order valence-corrected chi connectivity index (χ4v) is 3.37. The smallest absolute Gasteiger partial charge is 0.243 e. The van der Waals surface area contributed by atoms with Gasteiger partial charge in [0.25, 0.3) is 0 Å². The Morgan fingerprint density at radius 3 is 2.61 bits per heavy atom. The zero-order valence-electron chi connectivity index (χ0n) is 10.2. The van der Waals surface area contributed by atoms with Gasteiger partial charge < -0.3 is 5.11 Å². The van der Waals surface area contributed by atoms with Crippen molar-refractivity contribution < 1.29 is 17.9 Å². The SMILES string of the molecule is Cc1cc(Br)c(F)cc1S(=O)(=O)N(C)CCCO. The molecule has 0 radical (unpaired) electrons. The van der Waals surface area contributed by atoms with Gasteiger partial charge in [-0.25, -0.2) is 17.1 Å². The van der Waals surface area contributed by atoms with Crippen molar-refractivity contribution in [3.63, 3.8) is 0 Å². The molecule has 0 unspecified atom stereocenters. The number of rotatable bonds is 5. The van der Waals surface area contributed by atoms with E-state index in [0.717, 1.165) is 10.4 Å². The van der Waals surface area contributed by atoms with Gasteiger partial charge in [0.1, 0.15) is 5.82 Å². The van der Waals surface area contributed by atoms with E-state index >= 15 is 0 Å². The normalized spacial score (nSPS) is 12.1. The van der Waals surface area contributed by atoms with Crippen molar-refractivity contribution in [3.05, 3.63) is 28.0 Å². The highest BCUT2D eigenvalue weighted by atomic mass is 79.9. The molecule has 0 saturated heterocycles. The number of aryl methyl sites for hydroxylation is 1. The molecule has 7 heteroatoms. The molecule has 0 aliphatic carbocycles. The van der Waals surface area contributed by atoms with Gasteiger partial charge in [-0.05, 0) is 47.0 Å². The summed E-state index contributed by atoms with van der Waals surface area (Å²) in [6.45, 7) is 1.71. The second kappa shape index (κ2) is 6.10. The summed E-state index contributed by atoms with van der Waals surface area (Å²) in [6.07, 6.45) is 0.341. The first kappa shape index (κ1) is 15.6. The van der Waals surface area contributed by atoms with E-state index < -0.39 is 15.8 Å². The lowest BCUT2D eigenvalue weighted by atomic mass is 10.2. The molecule has 0 atom stereocenters. The number of hydrogen-bond donors (Lipinski definition) is 1. The lowest BCUT2D eigenvalue weighted by Crippen LogP contribution is -2.29. The lowest BCUT2D eigenvalue weighted by Gasteiger charge is -2.18. The quantitative estimate of drug-likeness (QED) is 0.891.